The Labute approximate surface area is 89.3 Å². The number of rotatable bonds is 2. The monoisotopic (exact) mass is 227 g/mol. The quantitative estimate of drug-likeness (QED) is 0.741. The summed E-state index contributed by atoms with van der Waals surface area (Å²) in [6.07, 6.45) is 0.709. The Balaban J connectivity index is 2.81. The fraction of sp³-hybridized carbons (Fsp3) is 0.111. The Morgan fingerprint density at radius 1 is 1.57 bits per heavy atom. The third kappa shape index (κ3) is 1.36. The van der Waals surface area contributed by atoms with Gasteiger partial charge in [0.2, 0.25) is 0 Å². The highest BCUT2D eigenvalue weighted by molar-refractivity contribution is 7.20. The van der Waals surface area contributed by atoms with E-state index in [0.29, 0.717) is 27.6 Å². The summed E-state index contributed by atoms with van der Waals surface area (Å²) < 4.78 is 5.90. The fourth-order valence-corrected chi connectivity index (χ4v) is 2.26. The maximum Gasteiger partial charge on any atom is 0.178 e. The molecule has 5 heteroatoms. The second-order valence-corrected chi connectivity index (χ2v) is 4.04. The molecule has 72 valence electrons. The van der Waals surface area contributed by atoms with Crippen molar-refractivity contribution in [3.63, 3.8) is 0 Å². The Morgan fingerprint density at radius 3 is 3.00 bits per heavy atom. The van der Waals surface area contributed by atoms with Crippen molar-refractivity contribution >= 4 is 39.4 Å². The van der Waals surface area contributed by atoms with Crippen molar-refractivity contribution in [3.8, 4) is 5.75 Å². The minimum atomic E-state index is 0.409. The number of ether oxygens (including phenoxy) is 1. The minimum absolute atomic E-state index is 0.409. The van der Waals surface area contributed by atoms with E-state index in [9.17, 15) is 4.79 Å². The van der Waals surface area contributed by atoms with Gasteiger partial charge in [0.25, 0.3) is 0 Å². The number of methoxy groups -OCH3 is 1. The number of hydrogen-bond donors (Lipinski definition) is 0. The average Bonchev–Trinajstić information content (AvgIpc) is 2.63. The number of aromatic nitrogens is 1. The summed E-state index contributed by atoms with van der Waals surface area (Å²) in [4.78, 5) is 14.7. The highest BCUT2D eigenvalue weighted by atomic mass is 35.5. The molecule has 0 saturated carbocycles. The molecule has 0 N–H and O–H groups in total. The first kappa shape index (κ1) is 9.43. The lowest BCUT2D eigenvalue weighted by Gasteiger charge is -2.00. The first-order valence-electron chi connectivity index (χ1n) is 3.84. The molecule has 0 amide bonds. The zero-order chi connectivity index (χ0) is 10.1. The molecular weight excluding hydrogens is 222 g/mol. The molecule has 0 aliphatic heterocycles. The number of carbonyl (C=O) groups is 1. The Hall–Kier alpha value is -1.13. The third-order valence-corrected chi connectivity index (χ3v) is 3.24. The highest BCUT2D eigenvalue weighted by Gasteiger charge is 2.11. The van der Waals surface area contributed by atoms with Gasteiger partial charge in [-0.1, -0.05) is 11.6 Å². The largest absolute Gasteiger partial charge is 0.494 e. The Morgan fingerprint density at radius 2 is 2.36 bits per heavy atom. The number of halogens is 1. The molecule has 2 rings (SSSR count). The van der Waals surface area contributed by atoms with E-state index in [2.05, 4.69) is 4.98 Å². The molecule has 1 aromatic heterocycles. The number of aldehydes is 1. The van der Waals surface area contributed by atoms with Crippen molar-refractivity contribution in [2.45, 2.75) is 0 Å². The molecule has 14 heavy (non-hydrogen) atoms. The third-order valence-electron chi connectivity index (χ3n) is 1.80. The maximum atomic E-state index is 10.6. The zero-order valence-corrected chi connectivity index (χ0v) is 8.85. The molecule has 0 aliphatic rings. The topological polar surface area (TPSA) is 39.2 Å². The molecular formula is C9H6ClNO2S. The summed E-state index contributed by atoms with van der Waals surface area (Å²) in [7, 11) is 1.56. The van der Waals surface area contributed by atoms with Crippen LogP contribution in [0.1, 0.15) is 9.80 Å². The van der Waals surface area contributed by atoms with E-state index in [1.165, 1.54) is 11.3 Å². The summed E-state index contributed by atoms with van der Waals surface area (Å²) in [6.45, 7) is 0. The summed E-state index contributed by atoms with van der Waals surface area (Å²) in [5, 5.41) is 0.998. The Bertz CT molecular complexity index is 495. The summed E-state index contributed by atoms with van der Waals surface area (Å²) in [5.41, 5.74) is 0.645. The van der Waals surface area contributed by atoms with Crippen LogP contribution in [0.25, 0.3) is 10.2 Å². The zero-order valence-electron chi connectivity index (χ0n) is 7.28. The predicted octanol–water partition coefficient (Wildman–Crippen LogP) is 2.77. The van der Waals surface area contributed by atoms with E-state index < -0.39 is 0 Å². The van der Waals surface area contributed by atoms with Gasteiger partial charge in [0, 0.05) is 0 Å². The van der Waals surface area contributed by atoms with Gasteiger partial charge in [0.1, 0.15) is 11.3 Å². The molecule has 0 radical (unpaired) electrons. The van der Waals surface area contributed by atoms with Crippen LogP contribution in [0, 0.1) is 0 Å². The van der Waals surface area contributed by atoms with Crippen LogP contribution in [-0.2, 0) is 0 Å². The molecule has 1 heterocycles. The van der Waals surface area contributed by atoms with Gasteiger partial charge in [-0.25, -0.2) is 4.98 Å². The van der Waals surface area contributed by atoms with E-state index in [1.807, 2.05) is 0 Å². The van der Waals surface area contributed by atoms with Gasteiger partial charge in [-0.15, -0.1) is 11.3 Å². The van der Waals surface area contributed by atoms with Crippen molar-refractivity contribution < 1.29 is 9.53 Å². The van der Waals surface area contributed by atoms with Gasteiger partial charge in [-0.2, -0.15) is 0 Å². The van der Waals surface area contributed by atoms with Crippen LogP contribution in [-0.4, -0.2) is 18.4 Å². The van der Waals surface area contributed by atoms with E-state index >= 15 is 0 Å². The number of benzene rings is 1. The van der Waals surface area contributed by atoms with Crippen LogP contribution in [0.2, 0.25) is 5.02 Å². The van der Waals surface area contributed by atoms with Gasteiger partial charge in [-0.05, 0) is 12.1 Å². The average molecular weight is 228 g/mol. The summed E-state index contributed by atoms with van der Waals surface area (Å²) >= 11 is 7.22. The van der Waals surface area contributed by atoms with Crippen LogP contribution < -0.4 is 4.74 Å². The second-order valence-electron chi connectivity index (χ2n) is 2.60. The molecule has 0 unspecified atom stereocenters. The van der Waals surface area contributed by atoms with Gasteiger partial charge in [-0.3, -0.25) is 4.79 Å². The second kappa shape index (κ2) is 3.55. The van der Waals surface area contributed by atoms with Gasteiger partial charge in [0.15, 0.2) is 11.3 Å². The minimum Gasteiger partial charge on any atom is -0.494 e. The first-order valence-corrected chi connectivity index (χ1v) is 5.04. The van der Waals surface area contributed by atoms with Crippen molar-refractivity contribution in [3.05, 3.63) is 22.2 Å². The van der Waals surface area contributed by atoms with Crippen LogP contribution in [0.15, 0.2) is 12.1 Å². The van der Waals surface area contributed by atoms with Gasteiger partial charge in [0.05, 0.1) is 16.8 Å². The lowest BCUT2D eigenvalue weighted by atomic mass is 10.3. The first-order chi connectivity index (χ1) is 6.76. The predicted molar refractivity (Wildman–Crippen MR) is 56.6 cm³/mol. The molecule has 2 aromatic rings. The SMILES string of the molecule is COc1ccc(Cl)c2sc(C=O)nc12. The normalized spacial score (nSPS) is 10.4. The van der Waals surface area contributed by atoms with Crippen LogP contribution in [0.4, 0.5) is 0 Å². The number of hydrogen-bond acceptors (Lipinski definition) is 4. The van der Waals surface area contributed by atoms with E-state index in [4.69, 9.17) is 16.3 Å². The molecule has 0 aliphatic carbocycles. The molecule has 0 bridgehead atoms. The van der Waals surface area contributed by atoms with Crippen LogP contribution in [0.5, 0.6) is 5.75 Å². The van der Waals surface area contributed by atoms with E-state index in [1.54, 1.807) is 19.2 Å². The van der Waals surface area contributed by atoms with Crippen molar-refractivity contribution in [1.82, 2.24) is 4.98 Å². The molecule has 0 atom stereocenters. The maximum absolute atomic E-state index is 10.6. The van der Waals surface area contributed by atoms with Crippen LogP contribution in [0.3, 0.4) is 0 Å². The molecule has 0 saturated heterocycles. The Kier molecular flexibility index (Phi) is 2.39. The molecule has 0 fully saturated rings. The lowest BCUT2D eigenvalue weighted by Crippen LogP contribution is -1.84. The standard InChI is InChI=1S/C9H6ClNO2S/c1-13-6-3-2-5(10)9-8(6)11-7(4-12)14-9/h2-4H,1H3. The highest BCUT2D eigenvalue weighted by Crippen LogP contribution is 2.34. The van der Waals surface area contributed by atoms with Crippen molar-refractivity contribution in [2.24, 2.45) is 0 Å². The molecule has 3 nitrogen and oxygen atoms in total. The van der Waals surface area contributed by atoms with E-state index in [-0.39, 0.29) is 0 Å². The number of nitrogens with zero attached hydrogens (tertiary/aromatic N) is 1. The van der Waals surface area contributed by atoms with E-state index in [0.717, 1.165) is 4.70 Å². The summed E-state index contributed by atoms with van der Waals surface area (Å²) in [6, 6.07) is 3.47. The molecule has 0 spiro atoms. The molecule has 1 aromatic carbocycles. The van der Waals surface area contributed by atoms with Gasteiger partial charge < -0.3 is 4.74 Å². The smallest absolute Gasteiger partial charge is 0.178 e. The van der Waals surface area contributed by atoms with Crippen molar-refractivity contribution in [2.75, 3.05) is 7.11 Å². The number of thiazole rings is 1. The van der Waals surface area contributed by atoms with Crippen LogP contribution >= 0.6 is 22.9 Å². The van der Waals surface area contributed by atoms with Crippen molar-refractivity contribution in [1.29, 1.82) is 0 Å². The number of carbonyl (C=O) groups excluding carboxylic acids is 1. The number of fused-ring (bicyclic) bond motifs is 1. The lowest BCUT2D eigenvalue weighted by molar-refractivity contribution is 0.112. The summed E-state index contributed by atoms with van der Waals surface area (Å²) in [5.74, 6) is 0.633. The van der Waals surface area contributed by atoms with Gasteiger partial charge >= 0.3 is 0 Å². The fourth-order valence-electron chi connectivity index (χ4n) is 1.18.